The van der Waals surface area contributed by atoms with E-state index in [-0.39, 0.29) is 11.5 Å². The van der Waals surface area contributed by atoms with Crippen LogP contribution in [0.15, 0.2) is 53.3 Å². The third kappa shape index (κ3) is 2.47. The SMILES string of the molecule is Nc1nc2ccc(NCc3ccccc3)cc2c(=O)[nH]1. The van der Waals surface area contributed by atoms with Crippen molar-refractivity contribution < 1.29 is 0 Å². The molecule has 2 aromatic carbocycles. The molecule has 0 aliphatic heterocycles. The maximum Gasteiger partial charge on any atom is 0.260 e. The van der Waals surface area contributed by atoms with Gasteiger partial charge in [-0.05, 0) is 23.8 Å². The zero-order valence-electron chi connectivity index (χ0n) is 10.8. The molecule has 0 amide bonds. The Hall–Kier alpha value is -2.82. The second-order valence-corrected chi connectivity index (χ2v) is 4.52. The van der Waals surface area contributed by atoms with Crippen molar-refractivity contribution in [3.05, 3.63) is 64.4 Å². The van der Waals surface area contributed by atoms with Crippen LogP contribution in [0.2, 0.25) is 0 Å². The molecule has 5 nitrogen and oxygen atoms in total. The molecule has 1 aromatic heterocycles. The minimum absolute atomic E-state index is 0.132. The van der Waals surface area contributed by atoms with E-state index in [1.807, 2.05) is 36.4 Å². The molecule has 0 saturated heterocycles. The number of anilines is 2. The summed E-state index contributed by atoms with van der Waals surface area (Å²) in [7, 11) is 0. The lowest BCUT2D eigenvalue weighted by Gasteiger charge is -2.07. The summed E-state index contributed by atoms with van der Waals surface area (Å²) in [6, 6.07) is 15.5. The number of aromatic nitrogens is 2. The van der Waals surface area contributed by atoms with Crippen LogP contribution >= 0.6 is 0 Å². The molecule has 0 bridgehead atoms. The fraction of sp³-hybridized carbons (Fsp3) is 0.0667. The second-order valence-electron chi connectivity index (χ2n) is 4.52. The van der Waals surface area contributed by atoms with Gasteiger partial charge in [-0.3, -0.25) is 9.78 Å². The van der Waals surface area contributed by atoms with Crippen molar-refractivity contribution >= 4 is 22.5 Å². The summed E-state index contributed by atoms with van der Waals surface area (Å²) in [6.45, 7) is 0.701. The van der Waals surface area contributed by atoms with Gasteiger partial charge in [-0.1, -0.05) is 30.3 Å². The number of nitrogens with two attached hydrogens (primary N) is 1. The lowest BCUT2D eigenvalue weighted by atomic mass is 10.2. The summed E-state index contributed by atoms with van der Waals surface area (Å²) in [5.74, 6) is 0.132. The first-order valence-electron chi connectivity index (χ1n) is 6.30. The Morgan fingerprint density at radius 2 is 1.95 bits per heavy atom. The standard InChI is InChI=1S/C15H14N4O/c16-15-18-13-7-6-11(8-12(13)14(20)19-15)17-9-10-4-2-1-3-5-10/h1-8,17H,9H2,(H3,16,18,19,20). The van der Waals surface area contributed by atoms with E-state index in [1.165, 1.54) is 5.56 Å². The number of aromatic amines is 1. The quantitative estimate of drug-likeness (QED) is 0.678. The van der Waals surface area contributed by atoms with E-state index in [0.29, 0.717) is 17.4 Å². The summed E-state index contributed by atoms with van der Waals surface area (Å²) in [4.78, 5) is 18.4. The fourth-order valence-corrected chi connectivity index (χ4v) is 2.07. The zero-order valence-corrected chi connectivity index (χ0v) is 10.8. The van der Waals surface area contributed by atoms with E-state index in [0.717, 1.165) is 5.69 Å². The van der Waals surface area contributed by atoms with Gasteiger partial charge in [-0.2, -0.15) is 0 Å². The van der Waals surface area contributed by atoms with Crippen molar-refractivity contribution in [2.24, 2.45) is 0 Å². The zero-order chi connectivity index (χ0) is 13.9. The average Bonchev–Trinajstić information content (AvgIpc) is 2.46. The van der Waals surface area contributed by atoms with Crippen molar-refractivity contribution in [3.8, 4) is 0 Å². The largest absolute Gasteiger partial charge is 0.381 e. The third-order valence-corrected chi connectivity index (χ3v) is 3.06. The van der Waals surface area contributed by atoms with Gasteiger partial charge in [-0.15, -0.1) is 0 Å². The molecule has 5 heteroatoms. The third-order valence-electron chi connectivity index (χ3n) is 3.06. The average molecular weight is 266 g/mol. The molecular formula is C15H14N4O. The van der Waals surface area contributed by atoms with Crippen LogP contribution in [0.4, 0.5) is 11.6 Å². The number of hydrogen-bond acceptors (Lipinski definition) is 4. The monoisotopic (exact) mass is 266 g/mol. The molecule has 0 fully saturated rings. The van der Waals surface area contributed by atoms with E-state index in [1.54, 1.807) is 12.1 Å². The highest BCUT2D eigenvalue weighted by molar-refractivity contribution is 5.82. The molecule has 0 unspecified atom stereocenters. The first kappa shape index (κ1) is 12.2. The van der Waals surface area contributed by atoms with E-state index >= 15 is 0 Å². The Kier molecular flexibility index (Phi) is 3.09. The topological polar surface area (TPSA) is 83.8 Å². The maximum absolute atomic E-state index is 11.8. The van der Waals surface area contributed by atoms with Gasteiger partial charge in [0.05, 0.1) is 10.9 Å². The van der Waals surface area contributed by atoms with Gasteiger partial charge in [0, 0.05) is 12.2 Å². The van der Waals surface area contributed by atoms with Gasteiger partial charge in [0.25, 0.3) is 5.56 Å². The molecule has 4 N–H and O–H groups in total. The number of H-pyrrole nitrogens is 1. The highest BCUT2D eigenvalue weighted by Gasteiger charge is 2.03. The normalized spacial score (nSPS) is 10.6. The molecule has 100 valence electrons. The van der Waals surface area contributed by atoms with E-state index in [2.05, 4.69) is 15.3 Å². The van der Waals surface area contributed by atoms with Gasteiger partial charge in [0.15, 0.2) is 0 Å². The van der Waals surface area contributed by atoms with Gasteiger partial charge in [0.1, 0.15) is 0 Å². The molecule has 3 aromatic rings. The number of nitrogens with zero attached hydrogens (tertiary/aromatic N) is 1. The molecule has 0 atom stereocenters. The predicted octanol–water partition coefficient (Wildman–Crippen LogP) is 2.12. The molecule has 3 rings (SSSR count). The molecular weight excluding hydrogens is 252 g/mol. The minimum Gasteiger partial charge on any atom is -0.381 e. The lowest BCUT2D eigenvalue weighted by molar-refractivity contribution is 1.15. The van der Waals surface area contributed by atoms with Crippen molar-refractivity contribution in [3.63, 3.8) is 0 Å². The summed E-state index contributed by atoms with van der Waals surface area (Å²) in [5.41, 5.74) is 7.93. The molecule has 20 heavy (non-hydrogen) atoms. The van der Waals surface area contributed by atoms with E-state index in [4.69, 9.17) is 5.73 Å². The van der Waals surface area contributed by atoms with Crippen LogP contribution in [0.1, 0.15) is 5.56 Å². The number of nitrogen functional groups attached to an aromatic ring is 1. The van der Waals surface area contributed by atoms with Crippen molar-refractivity contribution in [2.45, 2.75) is 6.54 Å². The molecule has 0 radical (unpaired) electrons. The molecule has 0 aliphatic rings. The maximum atomic E-state index is 11.8. The van der Waals surface area contributed by atoms with Gasteiger partial charge in [0.2, 0.25) is 5.95 Å². The molecule has 0 aliphatic carbocycles. The molecule has 0 saturated carbocycles. The lowest BCUT2D eigenvalue weighted by Crippen LogP contribution is -2.11. The summed E-state index contributed by atoms with van der Waals surface area (Å²) >= 11 is 0. The van der Waals surface area contributed by atoms with Crippen LogP contribution in [-0.4, -0.2) is 9.97 Å². The van der Waals surface area contributed by atoms with Crippen LogP contribution in [0, 0.1) is 0 Å². The van der Waals surface area contributed by atoms with Crippen molar-refractivity contribution in [1.29, 1.82) is 0 Å². The van der Waals surface area contributed by atoms with Crippen LogP contribution in [0.3, 0.4) is 0 Å². The van der Waals surface area contributed by atoms with Crippen molar-refractivity contribution in [1.82, 2.24) is 9.97 Å². The smallest absolute Gasteiger partial charge is 0.260 e. The summed E-state index contributed by atoms with van der Waals surface area (Å²) < 4.78 is 0. The Morgan fingerprint density at radius 1 is 1.15 bits per heavy atom. The van der Waals surface area contributed by atoms with Gasteiger partial charge < -0.3 is 11.1 Å². The number of hydrogen-bond donors (Lipinski definition) is 3. The Morgan fingerprint density at radius 3 is 2.75 bits per heavy atom. The Balaban J connectivity index is 1.88. The number of fused-ring (bicyclic) bond motifs is 1. The second kappa shape index (κ2) is 5.05. The molecule has 1 heterocycles. The fourth-order valence-electron chi connectivity index (χ4n) is 2.07. The van der Waals surface area contributed by atoms with E-state index in [9.17, 15) is 4.79 Å². The van der Waals surface area contributed by atoms with Crippen molar-refractivity contribution in [2.75, 3.05) is 11.1 Å². The minimum atomic E-state index is -0.226. The van der Waals surface area contributed by atoms with Crippen LogP contribution in [-0.2, 0) is 6.54 Å². The first-order valence-corrected chi connectivity index (χ1v) is 6.30. The molecule has 0 spiro atoms. The first-order chi connectivity index (χ1) is 9.72. The van der Waals surface area contributed by atoms with Gasteiger partial charge in [-0.25, -0.2) is 4.98 Å². The highest BCUT2D eigenvalue weighted by Crippen LogP contribution is 2.15. The number of rotatable bonds is 3. The summed E-state index contributed by atoms with van der Waals surface area (Å²) in [6.07, 6.45) is 0. The summed E-state index contributed by atoms with van der Waals surface area (Å²) in [5, 5.41) is 3.81. The Labute approximate surface area is 115 Å². The highest BCUT2D eigenvalue weighted by atomic mass is 16.1. The van der Waals surface area contributed by atoms with Crippen LogP contribution < -0.4 is 16.6 Å². The predicted molar refractivity (Wildman–Crippen MR) is 80.5 cm³/mol. The van der Waals surface area contributed by atoms with E-state index < -0.39 is 0 Å². The van der Waals surface area contributed by atoms with Gasteiger partial charge >= 0.3 is 0 Å². The number of nitrogens with one attached hydrogen (secondary N) is 2. The number of benzene rings is 2. The van der Waals surface area contributed by atoms with Crippen LogP contribution in [0.5, 0.6) is 0 Å². The Bertz CT molecular complexity index is 796. The van der Waals surface area contributed by atoms with Crippen LogP contribution in [0.25, 0.3) is 10.9 Å².